The van der Waals surface area contributed by atoms with E-state index >= 15 is 0 Å². The number of hydrogen-bond donors (Lipinski definition) is 0. The largest absolute Gasteiger partial charge is 0.486 e. The maximum atomic E-state index is 8.04. The Bertz CT molecular complexity index is 7080. The predicted octanol–water partition coefficient (Wildman–Crippen LogP) is 25.3. The van der Waals surface area contributed by atoms with Gasteiger partial charge in [-0.1, -0.05) is 245 Å². The van der Waals surface area contributed by atoms with Gasteiger partial charge in [0, 0.05) is 106 Å². The number of pyridine rings is 4. The first-order chi connectivity index (χ1) is 57.7. The molecule has 14 heteroatoms. The standard InChI is InChI=1S/C39H24N3O.C35H28N3O.2C14H16NSi.2Ir/c1-24-20-21-28(30-14-5-4-12-27(24)30)26-22-33-31-15-9-16-32(37(31)43-39(33)40-23-26)38-41-34-17-6-7-18-36(34)42(38)35-19-8-11-25-10-2-3-13-29(25)35;1-22-12-14-23(15-13-22)26-20-21-36-34-31(26)27-8-7-9-28(32(27)39-34)33-37-29-10-5-6-11-30(29)38(33)25-18-16-24(17-19-25)35(2,3)4;2*1-16(2,3)13-9-10-14(15-11-13)12-7-5-4-6-8-12;;/h2-15,17-23H,1H3;5-8,10-21H,1-4H3;2*4-7,9-11H,1-3H3;;/q4*-1;;/i2*1D3;;;;. The van der Waals surface area contributed by atoms with Gasteiger partial charge in [0.05, 0.1) is 61.0 Å². The van der Waals surface area contributed by atoms with Gasteiger partial charge in [0.25, 0.3) is 0 Å². The van der Waals surface area contributed by atoms with Gasteiger partial charge in [-0.25, -0.2) is 9.97 Å². The minimum absolute atomic E-state index is 0. The zero-order valence-corrected chi connectivity index (χ0v) is 72.3. The molecule has 20 rings (SSSR count). The molecule has 12 aromatic carbocycles. The van der Waals surface area contributed by atoms with Crippen LogP contribution in [0.2, 0.25) is 39.3 Å². The van der Waals surface area contributed by atoms with E-state index in [0.29, 0.717) is 39.1 Å². The van der Waals surface area contributed by atoms with E-state index in [1.165, 1.54) is 15.9 Å². The van der Waals surface area contributed by atoms with Crippen molar-refractivity contribution in [2.75, 3.05) is 0 Å². The molecule has 8 heterocycles. The van der Waals surface area contributed by atoms with Crippen molar-refractivity contribution in [2.24, 2.45) is 0 Å². The second-order valence-corrected chi connectivity index (χ2v) is 41.7. The van der Waals surface area contributed by atoms with Crippen molar-refractivity contribution in [1.29, 1.82) is 0 Å². The Morgan fingerprint density at radius 1 is 0.405 bits per heavy atom. The molecular formula is C102H84Ir2N8O2Si2-4. The molecule has 2 radical (unpaired) electrons. The van der Waals surface area contributed by atoms with Crippen molar-refractivity contribution in [3.05, 3.63) is 351 Å². The number of hydrogen-bond acceptors (Lipinski definition) is 8. The molecule has 0 atom stereocenters. The average Bonchev–Trinajstić information content (AvgIpc) is 1.55. The molecule has 0 bridgehead atoms. The molecule has 0 aliphatic heterocycles. The van der Waals surface area contributed by atoms with Gasteiger partial charge in [0.2, 0.25) is 11.4 Å². The molecule has 0 N–H and O–H groups in total. The maximum Gasteiger partial charge on any atom is 0.216 e. The number of fused-ring (bicyclic) bond motifs is 10. The van der Waals surface area contributed by atoms with E-state index in [4.69, 9.17) is 32.0 Å². The van der Waals surface area contributed by atoms with E-state index in [2.05, 4.69) is 212 Å². The number of imidazole rings is 2. The number of aromatic nitrogens is 8. The molecule has 20 aromatic rings. The Morgan fingerprint density at radius 2 is 0.966 bits per heavy atom. The van der Waals surface area contributed by atoms with Crippen LogP contribution in [0.4, 0.5) is 0 Å². The van der Waals surface area contributed by atoms with Gasteiger partial charge >= 0.3 is 0 Å². The minimum atomic E-state index is -2.21. The number of benzene rings is 12. The van der Waals surface area contributed by atoms with Crippen LogP contribution in [-0.4, -0.2) is 55.2 Å². The van der Waals surface area contributed by atoms with Crippen LogP contribution in [0.3, 0.4) is 0 Å². The predicted molar refractivity (Wildman–Crippen MR) is 478 cm³/mol. The first-order valence-electron chi connectivity index (χ1n) is 41.2. The van der Waals surface area contributed by atoms with Crippen molar-refractivity contribution in [3.8, 4) is 78.9 Å². The van der Waals surface area contributed by atoms with Crippen LogP contribution in [0.25, 0.3) is 167 Å². The SMILES string of the molecule is C[Si](C)(C)c1ccc(-c2[c-]cccc2)nc1.C[Si](C)(C)c1ccc(-c2[c-]cccc2)nc1.[2H]C([2H])([2H])c1ccc(-c2ccnc3oc4c(-c5nc6ccccc6n5-c5ccc(C(C)(C)C)cc5)[c-]ccc4c23)cc1.[2H]C([2H])([2H])c1ccc(-c2cnc3oc4c(-c5nc6ccccc6n5-c5cccc6ccccc56)[c-]ccc4c3c2)c2ccccc12.[Ir].[Ir]. The van der Waals surface area contributed by atoms with Crippen LogP contribution in [0.1, 0.15) is 45.7 Å². The molecule has 8 aromatic heterocycles. The fraction of sp³-hybridized carbons (Fsp3) is 0.118. The second-order valence-electron chi connectivity index (χ2n) is 31.5. The van der Waals surface area contributed by atoms with E-state index in [1.807, 2.05) is 176 Å². The van der Waals surface area contributed by atoms with Crippen molar-refractivity contribution < 1.29 is 57.3 Å². The molecule has 116 heavy (non-hydrogen) atoms. The van der Waals surface area contributed by atoms with Gasteiger partial charge in [-0.05, 0) is 139 Å². The van der Waals surface area contributed by atoms with Gasteiger partial charge in [-0.15, -0.1) is 108 Å². The molecule has 10 nitrogen and oxygen atoms in total. The van der Waals surface area contributed by atoms with E-state index in [1.54, 1.807) is 30.6 Å². The molecule has 0 amide bonds. The van der Waals surface area contributed by atoms with Crippen molar-refractivity contribution >= 4 is 114 Å². The van der Waals surface area contributed by atoms with Crippen LogP contribution in [0, 0.1) is 38.0 Å². The normalized spacial score (nSPS) is 12.6. The number of furan rings is 2. The number of aryl methyl sites for hydroxylation is 2. The molecule has 0 spiro atoms. The molecule has 0 unspecified atom stereocenters. The first-order valence-corrected chi connectivity index (χ1v) is 45.2. The quantitative estimate of drug-likeness (QED) is 0.0983. The second kappa shape index (κ2) is 33.1. The molecule has 0 aliphatic rings. The van der Waals surface area contributed by atoms with E-state index in [9.17, 15) is 0 Å². The third-order valence-corrected chi connectivity index (χ3v) is 24.9. The zero-order chi connectivity index (χ0) is 83.4. The Hall–Kier alpha value is -12.0. The van der Waals surface area contributed by atoms with Crippen molar-refractivity contribution in [2.45, 2.75) is 79.2 Å². The van der Waals surface area contributed by atoms with Crippen molar-refractivity contribution in [1.82, 2.24) is 39.0 Å². The molecule has 0 aliphatic carbocycles. The van der Waals surface area contributed by atoms with Gasteiger partial charge in [0.15, 0.2) is 0 Å². The summed E-state index contributed by atoms with van der Waals surface area (Å²) < 4.78 is 64.6. The summed E-state index contributed by atoms with van der Waals surface area (Å²) in [5, 5.41) is 10.1. The van der Waals surface area contributed by atoms with Gasteiger partial charge in [0.1, 0.15) is 0 Å². The Balaban J connectivity index is 0.000000139. The monoisotopic (exact) mass is 1900 g/mol. The number of nitrogens with zero attached hydrogens (tertiary/aromatic N) is 8. The summed E-state index contributed by atoms with van der Waals surface area (Å²) in [6.45, 7) is 16.3. The van der Waals surface area contributed by atoms with Crippen LogP contribution in [-0.2, 0) is 45.6 Å². The Labute approximate surface area is 714 Å². The third-order valence-electron chi connectivity index (χ3n) is 20.9. The van der Waals surface area contributed by atoms with E-state index in [0.717, 1.165) is 139 Å². The molecule has 574 valence electrons. The summed E-state index contributed by atoms with van der Waals surface area (Å²) in [5.74, 6) is 1.46. The summed E-state index contributed by atoms with van der Waals surface area (Å²) in [4.78, 5) is 28.5. The molecular weight excluding hydrogens is 1810 g/mol. The topological polar surface area (TPSA) is 113 Å². The van der Waals surface area contributed by atoms with Crippen molar-refractivity contribution in [3.63, 3.8) is 0 Å². The first kappa shape index (κ1) is 71.8. The van der Waals surface area contributed by atoms with E-state index < -0.39 is 29.9 Å². The maximum absolute atomic E-state index is 8.04. The zero-order valence-electron chi connectivity index (χ0n) is 71.5. The minimum Gasteiger partial charge on any atom is -0.486 e. The number of rotatable bonds is 10. The fourth-order valence-corrected chi connectivity index (χ4v) is 16.8. The van der Waals surface area contributed by atoms with Crippen LogP contribution >= 0.6 is 0 Å². The van der Waals surface area contributed by atoms with Crippen LogP contribution < -0.4 is 10.4 Å². The summed E-state index contributed by atoms with van der Waals surface area (Å²) in [7, 11) is -2.46. The summed E-state index contributed by atoms with van der Waals surface area (Å²) in [6, 6.07) is 107. The van der Waals surface area contributed by atoms with Crippen LogP contribution in [0.15, 0.2) is 319 Å². The molecule has 0 saturated carbocycles. The molecule has 0 saturated heterocycles. The third kappa shape index (κ3) is 15.9. The van der Waals surface area contributed by atoms with Gasteiger partial charge < -0.3 is 27.9 Å². The van der Waals surface area contributed by atoms with E-state index in [-0.39, 0.29) is 45.6 Å². The average molecular weight is 1900 g/mol. The molecule has 0 fully saturated rings. The van der Waals surface area contributed by atoms with Crippen LogP contribution in [0.5, 0.6) is 0 Å². The summed E-state index contributed by atoms with van der Waals surface area (Å²) >= 11 is 0. The Kier molecular flexibility index (Phi) is 20.5. The Morgan fingerprint density at radius 3 is 1.56 bits per heavy atom. The van der Waals surface area contributed by atoms with Gasteiger partial charge in [-0.2, -0.15) is 0 Å². The summed E-state index contributed by atoms with van der Waals surface area (Å²) in [6.07, 6.45) is 7.54. The smallest absolute Gasteiger partial charge is 0.216 e. The summed E-state index contributed by atoms with van der Waals surface area (Å²) in [5.41, 5.74) is 19.2. The number of para-hydroxylation sites is 4. The fourth-order valence-electron chi connectivity index (χ4n) is 14.7. The van der Waals surface area contributed by atoms with Gasteiger partial charge in [-0.3, -0.25) is 9.97 Å².